The molecule has 0 saturated carbocycles. The third-order valence-electron chi connectivity index (χ3n) is 3.15. The minimum atomic E-state index is 0.606. The molecule has 19 heavy (non-hydrogen) atoms. The summed E-state index contributed by atoms with van der Waals surface area (Å²) < 4.78 is 0. The molecule has 0 spiro atoms. The standard InChI is InChI=1S/C14H19Cl2N3/c1-10-7-11(2)14-12(8-10)17-13(18-14)9-19(5-3-15)6-4-16/h7-8H,3-6,9H2,1-2H3,(H,17,18). The van der Waals surface area contributed by atoms with Gasteiger partial charge in [-0.05, 0) is 31.0 Å². The summed E-state index contributed by atoms with van der Waals surface area (Å²) in [4.78, 5) is 10.3. The van der Waals surface area contributed by atoms with E-state index in [0.717, 1.165) is 36.5 Å². The number of hydrogen-bond acceptors (Lipinski definition) is 2. The number of aromatic nitrogens is 2. The molecule has 0 unspecified atom stereocenters. The second-order valence-electron chi connectivity index (χ2n) is 4.82. The van der Waals surface area contributed by atoms with Gasteiger partial charge in [0.2, 0.25) is 0 Å². The summed E-state index contributed by atoms with van der Waals surface area (Å²) in [6, 6.07) is 4.29. The Labute approximate surface area is 123 Å². The maximum Gasteiger partial charge on any atom is 0.121 e. The van der Waals surface area contributed by atoms with Gasteiger partial charge in [0.25, 0.3) is 0 Å². The van der Waals surface area contributed by atoms with Crippen molar-refractivity contribution in [3.05, 3.63) is 29.1 Å². The topological polar surface area (TPSA) is 31.9 Å². The molecule has 0 amide bonds. The number of hydrogen-bond donors (Lipinski definition) is 1. The van der Waals surface area contributed by atoms with Crippen LogP contribution in [0.5, 0.6) is 0 Å². The van der Waals surface area contributed by atoms with E-state index in [9.17, 15) is 0 Å². The SMILES string of the molecule is Cc1cc(C)c2nc(CN(CCCl)CCCl)[nH]c2c1. The van der Waals surface area contributed by atoms with Gasteiger partial charge in [-0.15, -0.1) is 23.2 Å². The average Bonchev–Trinajstić information content (AvgIpc) is 2.72. The molecule has 2 aromatic rings. The van der Waals surface area contributed by atoms with Crippen LogP contribution < -0.4 is 0 Å². The first-order chi connectivity index (χ1) is 9.13. The molecule has 1 aromatic heterocycles. The highest BCUT2D eigenvalue weighted by molar-refractivity contribution is 6.18. The maximum atomic E-state index is 5.81. The van der Waals surface area contributed by atoms with Crippen LogP contribution in [0.15, 0.2) is 12.1 Å². The summed E-state index contributed by atoms with van der Waals surface area (Å²) in [5, 5.41) is 0. The summed E-state index contributed by atoms with van der Waals surface area (Å²) >= 11 is 11.6. The number of imidazole rings is 1. The predicted octanol–water partition coefficient (Wildman–Crippen LogP) is 3.46. The lowest BCUT2D eigenvalue weighted by Crippen LogP contribution is -2.27. The molecule has 1 N–H and O–H groups in total. The number of H-pyrrole nitrogens is 1. The van der Waals surface area contributed by atoms with E-state index in [4.69, 9.17) is 23.2 Å². The van der Waals surface area contributed by atoms with E-state index in [2.05, 4.69) is 40.8 Å². The van der Waals surface area contributed by atoms with E-state index in [-0.39, 0.29) is 0 Å². The summed E-state index contributed by atoms with van der Waals surface area (Å²) in [6.07, 6.45) is 0. The monoisotopic (exact) mass is 299 g/mol. The van der Waals surface area contributed by atoms with Gasteiger partial charge in [0.05, 0.1) is 17.6 Å². The van der Waals surface area contributed by atoms with Crippen LogP contribution >= 0.6 is 23.2 Å². The third kappa shape index (κ3) is 3.62. The molecule has 1 aromatic carbocycles. The van der Waals surface area contributed by atoms with Crippen LogP contribution in [0, 0.1) is 13.8 Å². The van der Waals surface area contributed by atoms with Crippen molar-refractivity contribution < 1.29 is 0 Å². The van der Waals surface area contributed by atoms with Gasteiger partial charge >= 0.3 is 0 Å². The molecule has 0 saturated heterocycles. The molecule has 104 valence electrons. The first-order valence-corrected chi connectivity index (χ1v) is 7.51. The molecule has 0 bridgehead atoms. The number of nitrogens with zero attached hydrogens (tertiary/aromatic N) is 2. The highest BCUT2D eigenvalue weighted by atomic mass is 35.5. The molecular formula is C14H19Cl2N3. The normalized spacial score (nSPS) is 11.6. The van der Waals surface area contributed by atoms with E-state index in [1.807, 2.05) is 0 Å². The largest absolute Gasteiger partial charge is 0.341 e. The van der Waals surface area contributed by atoms with Crippen molar-refractivity contribution >= 4 is 34.2 Å². The van der Waals surface area contributed by atoms with Crippen LogP contribution in [-0.2, 0) is 6.54 Å². The molecule has 0 aliphatic carbocycles. The highest BCUT2D eigenvalue weighted by Gasteiger charge is 2.10. The van der Waals surface area contributed by atoms with E-state index in [1.54, 1.807) is 0 Å². The Morgan fingerprint density at radius 1 is 1.16 bits per heavy atom. The summed E-state index contributed by atoms with van der Waals surface area (Å²) in [6.45, 7) is 6.59. The summed E-state index contributed by atoms with van der Waals surface area (Å²) in [5.41, 5.74) is 4.61. The Kier molecular flexibility index (Phi) is 5.08. The van der Waals surface area contributed by atoms with Crippen LogP contribution in [0.1, 0.15) is 17.0 Å². The van der Waals surface area contributed by atoms with E-state index in [1.165, 1.54) is 11.1 Å². The van der Waals surface area contributed by atoms with Gasteiger partial charge in [-0.25, -0.2) is 4.98 Å². The van der Waals surface area contributed by atoms with Crippen molar-refractivity contribution in [2.75, 3.05) is 24.8 Å². The second-order valence-corrected chi connectivity index (χ2v) is 5.57. The number of rotatable bonds is 6. The number of halogens is 2. The van der Waals surface area contributed by atoms with Gasteiger partial charge in [0, 0.05) is 24.8 Å². The van der Waals surface area contributed by atoms with Crippen LogP contribution in [0.4, 0.5) is 0 Å². The summed E-state index contributed by atoms with van der Waals surface area (Å²) in [5.74, 6) is 2.18. The third-order valence-corrected chi connectivity index (χ3v) is 3.48. The first-order valence-electron chi connectivity index (χ1n) is 6.44. The van der Waals surface area contributed by atoms with Crippen LogP contribution in [0.2, 0.25) is 0 Å². The zero-order valence-corrected chi connectivity index (χ0v) is 12.9. The summed E-state index contributed by atoms with van der Waals surface area (Å²) in [7, 11) is 0. The second kappa shape index (κ2) is 6.60. The lowest BCUT2D eigenvalue weighted by molar-refractivity contribution is 0.293. The number of fused-ring (bicyclic) bond motifs is 1. The Morgan fingerprint density at radius 3 is 2.47 bits per heavy atom. The fourth-order valence-corrected chi connectivity index (χ4v) is 2.80. The lowest BCUT2D eigenvalue weighted by atomic mass is 10.1. The minimum absolute atomic E-state index is 0.606. The Hall–Kier alpha value is -0.770. The quantitative estimate of drug-likeness (QED) is 0.829. The average molecular weight is 300 g/mol. The van der Waals surface area contributed by atoms with Crippen LogP contribution in [-0.4, -0.2) is 39.7 Å². The number of aryl methyl sites for hydroxylation is 2. The van der Waals surface area contributed by atoms with Crippen molar-refractivity contribution in [3.8, 4) is 0 Å². The smallest absolute Gasteiger partial charge is 0.121 e. The zero-order chi connectivity index (χ0) is 13.8. The number of benzene rings is 1. The predicted molar refractivity (Wildman–Crippen MR) is 82.3 cm³/mol. The minimum Gasteiger partial charge on any atom is -0.341 e. The van der Waals surface area contributed by atoms with Crippen molar-refractivity contribution in [2.45, 2.75) is 20.4 Å². The Morgan fingerprint density at radius 2 is 1.84 bits per heavy atom. The molecule has 3 nitrogen and oxygen atoms in total. The Balaban J connectivity index is 2.23. The van der Waals surface area contributed by atoms with Gasteiger partial charge in [0.15, 0.2) is 0 Å². The molecule has 0 aliphatic heterocycles. The van der Waals surface area contributed by atoms with Gasteiger partial charge in [-0.3, -0.25) is 4.90 Å². The van der Waals surface area contributed by atoms with E-state index < -0.39 is 0 Å². The first kappa shape index (κ1) is 14.6. The molecule has 2 rings (SSSR count). The Bertz CT molecular complexity index is 545. The van der Waals surface area contributed by atoms with Crippen molar-refractivity contribution in [1.29, 1.82) is 0 Å². The zero-order valence-electron chi connectivity index (χ0n) is 11.3. The molecule has 0 fully saturated rings. The van der Waals surface area contributed by atoms with E-state index in [0.29, 0.717) is 11.8 Å². The van der Waals surface area contributed by atoms with Crippen LogP contribution in [0.3, 0.4) is 0 Å². The van der Waals surface area contributed by atoms with Crippen molar-refractivity contribution in [2.24, 2.45) is 0 Å². The molecule has 0 radical (unpaired) electrons. The maximum absolute atomic E-state index is 5.81. The van der Waals surface area contributed by atoms with Gasteiger partial charge in [-0.2, -0.15) is 0 Å². The molecule has 5 heteroatoms. The fraction of sp³-hybridized carbons (Fsp3) is 0.500. The van der Waals surface area contributed by atoms with Crippen molar-refractivity contribution in [1.82, 2.24) is 14.9 Å². The molecular weight excluding hydrogens is 281 g/mol. The van der Waals surface area contributed by atoms with E-state index >= 15 is 0 Å². The van der Waals surface area contributed by atoms with Crippen molar-refractivity contribution in [3.63, 3.8) is 0 Å². The van der Waals surface area contributed by atoms with Gasteiger partial charge < -0.3 is 4.98 Å². The molecule has 1 heterocycles. The molecule has 0 aliphatic rings. The van der Waals surface area contributed by atoms with Gasteiger partial charge in [0.1, 0.15) is 5.82 Å². The number of alkyl halides is 2. The van der Waals surface area contributed by atoms with Crippen LogP contribution in [0.25, 0.3) is 11.0 Å². The molecule has 0 atom stereocenters. The highest BCUT2D eigenvalue weighted by Crippen LogP contribution is 2.18. The van der Waals surface area contributed by atoms with Gasteiger partial charge in [-0.1, -0.05) is 6.07 Å². The number of nitrogens with one attached hydrogen (secondary N) is 1. The lowest BCUT2D eigenvalue weighted by Gasteiger charge is -2.18. The fourth-order valence-electron chi connectivity index (χ4n) is 2.32. The number of aromatic amines is 1.